The Balaban J connectivity index is 2.40. The maximum Gasteiger partial charge on any atom is 0.120 e. The van der Waals surface area contributed by atoms with E-state index >= 15 is 0 Å². The molecule has 0 aromatic heterocycles. The molecule has 2 aliphatic carbocycles. The van der Waals surface area contributed by atoms with Gasteiger partial charge in [-0.15, -0.1) is 0 Å². The molecule has 0 radical (unpaired) electrons. The highest BCUT2D eigenvalue weighted by atomic mass is 16.1. The monoisotopic (exact) mass is 234 g/mol. The Morgan fingerprint density at radius 2 is 2.12 bits per heavy atom. The SMILES string of the molecule is CC1=CCCC2[C@@]1(C)CC[C@@H](C)[C@]2(C)CC=O. The summed E-state index contributed by atoms with van der Waals surface area (Å²) < 4.78 is 0. The summed E-state index contributed by atoms with van der Waals surface area (Å²) >= 11 is 0. The molecule has 0 aromatic rings. The Bertz CT molecular complexity index is 343. The van der Waals surface area contributed by atoms with Crippen LogP contribution in [0.3, 0.4) is 0 Å². The number of aldehydes is 1. The molecule has 0 spiro atoms. The molecule has 1 fully saturated rings. The second-order valence-corrected chi connectivity index (χ2v) is 6.75. The van der Waals surface area contributed by atoms with Crippen molar-refractivity contribution in [1.82, 2.24) is 0 Å². The van der Waals surface area contributed by atoms with Gasteiger partial charge in [0.15, 0.2) is 0 Å². The minimum atomic E-state index is 0.213. The lowest BCUT2D eigenvalue weighted by molar-refractivity contribution is -0.115. The third kappa shape index (κ3) is 1.78. The first kappa shape index (κ1) is 12.9. The van der Waals surface area contributed by atoms with Crippen molar-refractivity contribution in [2.75, 3.05) is 0 Å². The normalized spacial score (nSPS) is 46.0. The molecule has 4 atom stereocenters. The van der Waals surface area contributed by atoms with Crippen LogP contribution in [-0.4, -0.2) is 6.29 Å². The molecular weight excluding hydrogens is 208 g/mol. The van der Waals surface area contributed by atoms with E-state index in [0.29, 0.717) is 17.3 Å². The summed E-state index contributed by atoms with van der Waals surface area (Å²) in [6.45, 7) is 9.42. The molecule has 1 unspecified atom stereocenters. The van der Waals surface area contributed by atoms with E-state index in [1.807, 2.05) is 0 Å². The summed E-state index contributed by atoms with van der Waals surface area (Å²) in [6, 6.07) is 0. The van der Waals surface area contributed by atoms with Crippen molar-refractivity contribution in [1.29, 1.82) is 0 Å². The van der Waals surface area contributed by atoms with Gasteiger partial charge in [-0.05, 0) is 55.3 Å². The zero-order valence-electron chi connectivity index (χ0n) is 11.8. The first-order valence-electron chi connectivity index (χ1n) is 7.06. The van der Waals surface area contributed by atoms with E-state index < -0.39 is 0 Å². The number of allylic oxidation sites excluding steroid dienone is 2. The third-order valence-electron chi connectivity index (χ3n) is 6.12. The maximum absolute atomic E-state index is 11.1. The van der Waals surface area contributed by atoms with Crippen molar-refractivity contribution in [3.05, 3.63) is 11.6 Å². The fraction of sp³-hybridized carbons (Fsp3) is 0.812. The van der Waals surface area contributed by atoms with Crippen molar-refractivity contribution in [2.24, 2.45) is 22.7 Å². The Kier molecular flexibility index (Phi) is 3.22. The smallest absolute Gasteiger partial charge is 0.120 e. The fourth-order valence-corrected chi connectivity index (χ4v) is 4.43. The summed E-state index contributed by atoms with van der Waals surface area (Å²) in [7, 11) is 0. The van der Waals surface area contributed by atoms with E-state index in [4.69, 9.17) is 0 Å². The Morgan fingerprint density at radius 1 is 1.41 bits per heavy atom. The number of hydrogen-bond acceptors (Lipinski definition) is 1. The summed E-state index contributed by atoms with van der Waals surface area (Å²) in [6.07, 6.45) is 9.35. The summed E-state index contributed by atoms with van der Waals surface area (Å²) in [4.78, 5) is 11.1. The van der Waals surface area contributed by atoms with Crippen molar-refractivity contribution >= 4 is 6.29 Å². The van der Waals surface area contributed by atoms with Crippen molar-refractivity contribution in [2.45, 2.75) is 59.8 Å². The van der Waals surface area contributed by atoms with E-state index in [9.17, 15) is 4.79 Å². The molecule has 1 saturated carbocycles. The van der Waals surface area contributed by atoms with Gasteiger partial charge in [-0.25, -0.2) is 0 Å². The van der Waals surface area contributed by atoms with Gasteiger partial charge in [-0.1, -0.05) is 32.4 Å². The summed E-state index contributed by atoms with van der Waals surface area (Å²) in [5.74, 6) is 1.37. The minimum absolute atomic E-state index is 0.213. The van der Waals surface area contributed by atoms with Crippen LogP contribution in [0, 0.1) is 22.7 Å². The lowest BCUT2D eigenvalue weighted by Gasteiger charge is -2.57. The Morgan fingerprint density at radius 3 is 2.76 bits per heavy atom. The first-order chi connectivity index (χ1) is 7.95. The van der Waals surface area contributed by atoms with Gasteiger partial charge in [-0.2, -0.15) is 0 Å². The Hall–Kier alpha value is -0.590. The predicted octanol–water partition coefficient (Wildman–Crippen LogP) is 4.37. The first-order valence-corrected chi connectivity index (χ1v) is 7.06. The number of rotatable bonds is 2. The van der Waals surface area contributed by atoms with Gasteiger partial charge in [-0.3, -0.25) is 0 Å². The number of carbonyl (C=O) groups excluding carboxylic acids is 1. The topological polar surface area (TPSA) is 17.1 Å². The molecule has 2 rings (SSSR count). The molecule has 1 heteroatoms. The molecule has 2 aliphatic rings. The van der Waals surface area contributed by atoms with Crippen LogP contribution in [0.5, 0.6) is 0 Å². The number of fused-ring (bicyclic) bond motifs is 1. The van der Waals surface area contributed by atoms with E-state index in [1.54, 1.807) is 5.57 Å². The highest BCUT2D eigenvalue weighted by Crippen LogP contribution is 2.61. The molecule has 0 heterocycles. The van der Waals surface area contributed by atoms with Gasteiger partial charge in [0, 0.05) is 6.42 Å². The van der Waals surface area contributed by atoms with Crippen molar-refractivity contribution in [3.8, 4) is 0 Å². The highest BCUT2D eigenvalue weighted by Gasteiger charge is 2.52. The zero-order chi connectivity index (χ0) is 12.7. The van der Waals surface area contributed by atoms with E-state index in [0.717, 1.165) is 12.7 Å². The van der Waals surface area contributed by atoms with Crippen LogP contribution in [0.2, 0.25) is 0 Å². The average Bonchev–Trinajstić information content (AvgIpc) is 2.28. The molecule has 0 amide bonds. The maximum atomic E-state index is 11.1. The van der Waals surface area contributed by atoms with E-state index in [-0.39, 0.29) is 5.41 Å². The second-order valence-electron chi connectivity index (χ2n) is 6.75. The van der Waals surface area contributed by atoms with Crippen molar-refractivity contribution < 1.29 is 4.79 Å². The van der Waals surface area contributed by atoms with Gasteiger partial charge in [0.1, 0.15) is 6.29 Å². The van der Waals surface area contributed by atoms with E-state index in [1.165, 1.54) is 25.7 Å². The second kappa shape index (κ2) is 4.26. The lowest BCUT2D eigenvalue weighted by Crippen LogP contribution is -2.49. The quantitative estimate of drug-likeness (QED) is 0.512. The van der Waals surface area contributed by atoms with Gasteiger partial charge in [0.2, 0.25) is 0 Å². The predicted molar refractivity (Wildman–Crippen MR) is 71.8 cm³/mol. The third-order valence-corrected chi connectivity index (χ3v) is 6.12. The zero-order valence-corrected chi connectivity index (χ0v) is 11.8. The molecule has 0 aromatic carbocycles. The van der Waals surface area contributed by atoms with Crippen LogP contribution < -0.4 is 0 Å². The fourth-order valence-electron chi connectivity index (χ4n) is 4.43. The average molecular weight is 234 g/mol. The lowest BCUT2D eigenvalue weighted by atomic mass is 9.47. The van der Waals surface area contributed by atoms with Gasteiger partial charge >= 0.3 is 0 Å². The van der Waals surface area contributed by atoms with Gasteiger partial charge < -0.3 is 4.79 Å². The van der Waals surface area contributed by atoms with Crippen LogP contribution in [0.25, 0.3) is 0 Å². The molecule has 0 N–H and O–H groups in total. The molecular formula is C16H26O. The number of carbonyl (C=O) groups is 1. The Labute approximate surface area is 106 Å². The molecule has 0 aliphatic heterocycles. The molecule has 96 valence electrons. The largest absolute Gasteiger partial charge is 0.303 e. The highest BCUT2D eigenvalue weighted by molar-refractivity contribution is 5.51. The summed E-state index contributed by atoms with van der Waals surface area (Å²) in [5.41, 5.74) is 2.13. The molecule has 0 bridgehead atoms. The van der Waals surface area contributed by atoms with Gasteiger partial charge in [0.05, 0.1) is 0 Å². The van der Waals surface area contributed by atoms with Crippen LogP contribution in [0.15, 0.2) is 11.6 Å². The number of hydrogen-bond donors (Lipinski definition) is 0. The molecule has 1 nitrogen and oxygen atoms in total. The van der Waals surface area contributed by atoms with Gasteiger partial charge in [0.25, 0.3) is 0 Å². The van der Waals surface area contributed by atoms with Crippen LogP contribution in [-0.2, 0) is 4.79 Å². The van der Waals surface area contributed by atoms with E-state index in [2.05, 4.69) is 33.8 Å². The van der Waals surface area contributed by atoms with Crippen LogP contribution >= 0.6 is 0 Å². The molecule has 0 saturated heterocycles. The van der Waals surface area contributed by atoms with Crippen LogP contribution in [0.1, 0.15) is 59.8 Å². The minimum Gasteiger partial charge on any atom is -0.303 e. The van der Waals surface area contributed by atoms with Crippen molar-refractivity contribution in [3.63, 3.8) is 0 Å². The van der Waals surface area contributed by atoms with Crippen LogP contribution in [0.4, 0.5) is 0 Å². The summed E-state index contributed by atoms with van der Waals surface area (Å²) in [5, 5.41) is 0. The standard InChI is InChI=1S/C16H26O/c1-12-6-5-7-14-15(12,3)9-8-13(2)16(14,4)10-11-17/h6,11,13-14H,5,7-10H2,1-4H3/t13-,14?,15+,16+/m1/s1. The molecule has 17 heavy (non-hydrogen) atoms.